The zero-order valence-electron chi connectivity index (χ0n) is 13.7. The minimum Gasteiger partial charge on any atom is -0.463 e. The Hall–Kier alpha value is -0.530. The van der Waals surface area contributed by atoms with Crippen LogP contribution in [-0.4, -0.2) is 12.1 Å². The van der Waals surface area contributed by atoms with Crippen molar-refractivity contribution in [1.82, 2.24) is 0 Å². The monoisotopic (exact) mass is 282 g/mol. The highest BCUT2D eigenvalue weighted by Gasteiger charge is 2.16. The Morgan fingerprint density at radius 1 is 0.800 bits per heavy atom. The molecule has 0 aliphatic heterocycles. The summed E-state index contributed by atoms with van der Waals surface area (Å²) >= 11 is 0. The summed E-state index contributed by atoms with van der Waals surface area (Å²) in [6.45, 7) is 3.86. The Kier molecular flexibility index (Phi) is 9.78. The van der Waals surface area contributed by atoms with E-state index in [1.165, 1.54) is 70.6 Å². The summed E-state index contributed by atoms with van der Waals surface area (Å²) in [5.74, 6) is 0.574. The maximum Gasteiger partial charge on any atom is 0.302 e. The van der Waals surface area contributed by atoms with E-state index < -0.39 is 0 Å². The minimum atomic E-state index is -0.111. The summed E-state index contributed by atoms with van der Waals surface area (Å²) in [5.41, 5.74) is 0. The van der Waals surface area contributed by atoms with E-state index >= 15 is 0 Å². The maximum absolute atomic E-state index is 11.2. The number of carbonyl (C=O) groups excluding carboxylic acids is 1. The lowest BCUT2D eigenvalue weighted by molar-refractivity contribution is -0.147. The normalized spacial score (nSPS) is 28.1. The van der Waals surface area contributed by atoms with Crippen LogP contribution in [0.4, 0.5) is 0 Å². The van der Waals surface area contributed by atoms with Gasteiger partial charge in [0.15, 0.2) is 0 Å². The van der Waals surface area contributed by atoms with E-state index in [4.69, 9.17) is 4.74 Å². The van der Waals surface area contributed by atoms with Crippen molar-refractivity contribution in [2.75, 3.05) is 0 Å². The van der Waals surface area contributed by atoms with E-state index in [2.05, 4.69) is 6.92 Å². The third-order valence-corrected chi connectivity index (χ3v) is 4.47. The molecule has 2 heteroatoms. The van der Waals surface area contributed by atoms with Gasteiger partial charge >= 0.3 is 5.97 Å². The summed E-state index contributed by atoms with van der Waals surface area (Å²) in [7, 11) is 0. The summed E-state index contributed by atoms with van der Waals surface area (Å²) < 4.78 is 5.51. The average molecular weight is 282 g/mol. The van der Waals surface area contributed by atoms with Gasteiger partial charge in [0.1, 0.15) is 6.10 Å². The van der Waals surface area contributed by atoms with Gasteiger partial charge in [0.25, 0.3) is 0 Å². The molecule has 0 amide bonds. The highest BCUT2D eigenvalue weighted by atomic mass is 16.5. The Morgan fingerprint density at radius 3 is 1.75 bits per heavy atom. The van der Waals surface area contributed by atoms with Crippen molar-refractivity contribution in [3.8, 4) is 0 Å². The number of carbonyl (C=O) groups is 1. The van der Waals surface area contributed by atoms with Crippen LogP contribution < -0.4 is 0 Å². The molecular formula is C18H34O2. The van der Waals surface area contributed by atoms with Crippen molar-refractivity contribution in [2.45, 2.75) is 103 Å². The van der Waals surface area contributed by atoms with Crippen LogP contribution in [0.1, 0.15) is 97.3 Å². The number of rotatable bonds is 1. The highest BCUT2D eigenvalue weighted by molar-refractivity contribution is 5.66. The van der Waals surface area contributed by atoms with Crippen LogP contribution in [0.5, 0.6) is 0 Å². The van der Waals surface area contributed by atoms with E-state index in [0.29, 0.717) is 5.92 Å². The molecule has 20 heavy (non-hydrogen) atoms. The Morgan fingerprint density at radius 2 is 1.25 bits per heavy atom. The second kappa shape index (κ2) is 11.2. The van der Waals surface area contributed by atoms with Gasteiger partial charge in [-0.05, 0) is 25.2 Å². The molecule has 2 nitrogen and oxygen atoms in total. The van der Waals surface area contributed by atoms with Crippen LogP contribution in [-0.2, 0) is 9.53 Å². The number of ether oxygens (including phenoxy) is 1. The summed E-state index contributed by atoms with van der Waals surface area (Å²) in [6, 6.07) is 0. The van der Waals surface area contributed by atoms with Gasteiger partial charge in [0, 0.05) is 6.92 Å². The molecule has 0 saturated heterocycles. The van der Waals surface area contributed by atoms with Crippen molar-refractivity contribution < 1.29 is 9.53 Å². The molecule has 0 N–H and O–H groups in total. The lowest BCUT2D eigenvalue weighted by Crippen LogP contribution is -2.19. The third kappa shape index (κ3) is 9.39. The number of hydrogen-bond acceptors (Lipinski definition) is 2. The van der Waals surface area contributed by atoms with Gasteiger partial charge in [-0.25, -0.2) is 0 Å². The predicted molar refractivity (Wildman–Crippen MR) is 84.7 cm³/mol. The van der Waals surface area contributed by atoms with Gasteiger partial charge < -0.3 is 4.74 Å². The van der Waals surface area contributed by atoms with Crippen LogP contribution in [0.25, 0.3) is 0 Å². The Bertz CT molecular complexity index is 250. The molecule has 0 spiro atoms. The molecule has 0 bridgehead atoms. The van der Waals surface area contributed by atoms with Gasteiger partial charge in [0.2, 0.25) is 0 Å². The first-order valence-corrected chi connectivity index (χ1v) is 8.85. The van der Waals surface area contributed by atoms with Gasteiger partial charge in [-0.3, -0.25) is 4.79 Å². The largest absolute Gasteiger partial charge is 0.463 e. The second-order valence-corrected chi connectivity index (χ2v) is 6.69. The molecule has 1 rings (SSSR count). The van der Waals surface area contributed by atoms with Crippen molar-refractivity contribution >= 4 is 5.97 Å². The molecule has 0 aromatic rings. The van der Waals surface area contributed by atoms with E-state index in [-0.39, 0.29) is 12.1 Å². The molecule has 2 atom stereocenters. The highest BCUT2D eigenvalue weighted by Crippen LogP contribution is 2.22. The first-order chi connectivity index (χ1) is 9.68. The number of esters is 1. The van der Waals surface area contributed by atoms with E-state index in [9.17, 15) is 4.79 Å². The standard InChI is InChI=1S/C18H34O2/c1-16-13-11-9-7-5-3-4-6-8-10-12-14-18(15-16)20-17(2)19/h16,18H,3-15H2,1-2H3/t16-,18?/m1/s1. The fourth-order valence-electron chi connectivity index (χ4n) is 3.31. The first-order valence-electron chi connectivity index (χ1n) is 8.85. The molecule has 0 aromatic carbocycles. The smallest absolute Gasteiger partial charge is 0.302 e. The molecule has 1 aliphatic carbocycles. The molecule has 0 aromatic heterocycles. The molecule has 118 valence electrons. The summed E-state index contributed by atoms with van der Waals surface area (Å²) in [4.78, 5) is 11.2. The lowest BCUT2D eigenvalue weighted by atomic mass is 9.94. The number of hydrogen-bond donors (Lipinski definition) is 0. The molecule has 0 heterocycles. The Balaban J connectivity index is 2.38. The van der Waals surface area contributed by atoms with Crippen LogP contribution in [0, 0.1) is 5.92 Å². The first kappa shape index (κ1) is 17.5. The van der Waals surface area contributed by atoms with Crippen LogP contribution in [0.15, 0.2) is 0 Å². The second-order valence-electron chi connectivity index (χ2n) is 6.69. The summed E-state index contributed by atoms with van der Waals surface area (Å²) in [5, 5.41) is 0. The fourth-order valence-corrected chi connectivity index (χ4v) is 3.31. The van der Waals surface area contributed by atoms with Gasteiger partial charge in [-0.1, -0.05) is 71.1 Å². The zero-order valence-corrected chi connectivity index (χ0v) is 13.7. The molecule has 1 fully saturated rings. The van der Waals surface area contributed by atoms with E-state index in [0.717, 1.165) is 12.8 Å². The van der Waals surface area contributed by atoms with Crippen molar-refractivity contribution in [3.63, 3.8) is 0 Å². The molecule has 1 saturated carbocycles. The van der Waals surface area contributed by atoms with Gasteiger partial charge in [0.05, 0.1) is 0 Å². The van der Waals surface area contributed by atoms with Crippen molar-refractivity contribution in [1.29, 1.82) is 0 Å². The van der Waals surface area contributed by atoms with Crippen LogP contribution in [0.2, 0.25) is 0 Å². The van der Waals surface area contributed by atoms with Crippen molar-refractivity contribution in [2.24, 2.45) is 5.92 Å². The van der Waals surface area contributed by atoms with E-state index in [1.54, 1.807) is 6.92 Å². The maximum atomic E-state index is 11.2. The molecular weight excluding hydrogens is 248 g/mol. The van der Waals surface area contributed by atoms with Crippen molar-refractivity contribution in [3.05, 3.63) is 0 Å². The Labute approximate surface area is 125 Å². The predicted octanol–water partition coefficient (Wildman–Crippen LogP) is 5.64. The average Bonchev–Trinajstić information content (AvgIpc) is 2.39. The lowest BCUT2D eigenvalue weighted by Gasteiger charge is -2.21. The summed E-state index contributed by atoms with van der Waals surface area (Å²) in [6.07, 6.45) is 17.2. The quantitative estimate of drug-likeness (QED) is 0.582. The SMILES string of the molecule is CC(=O)OC1CCCCCCCCCCCC[C@@H](C)C1. The molecule has 0 radical (unpaired) electrons. The zero-order chi connectivity index (χ0) is 14.6. The van der Waals surface area contributed by atoms with Gasteiger partial charge in [-0.2, -0.15) is 0 Å². The fraction of sp³-hybridized carbons (Fsp3) is 0.944. The van der Waals surface area contributed by atoms with E-state index in [1.807, 2.05) is 0 Å². The topological polar surface area (TPSA) is 26.3 Å². The van der Waals surface area contributed by atoms with Crippen LogP contribution in [0.3, 0.4) is 0 Å². The van der Waals surface area contributed by atoms with Gasteiger partial charge in [-0.15, -0.1) is 0 Å². The minimum absolute atomic E-state index is 0.111. The van der Waals surface area contributed by atoms with Crippen LogP contribution >= 0.6 is 0 Å². The third-order valence-electron chi connectivity index (χ3n) is 4.47. The molecule has 1 aliphatic rings. The molecule has 1 unspecified atom stereocenters.